The minimum Gasteiger partial charge on any atom is -0.456 e. The normalized spacial score (nSPS) is 11.0. The van der Waals surface area contributed by atoms with Crippen molar-refractivity contribution in [1.82, 2.24) is 14.9 Å². The molecule has 2 aromatic heterocycles. The first-order valence-corrected chi connectivity index (χ1v) is 8.15. The Hall–Kier alpha value is -2.81. The lowest BCUT2D eigenvalue weighted by Crippen LogP contribution is -2.30. The lowest BCUT2D eigenvalue weighted by molar-refractivity contribution is -0.144. The maximum absolute atomic E-state index is 13.3. The summed E-state index contributed by atoms with van der Waals surface area (Å²) in [6.45, 7) is -3.57. The largest absolute Gasteiger partial charge is 0.456 e. The molecule has 3 rings (SSSR count). The van der Waals surface area contributed by atoms with Gasteiger partial charge in [-0.2, -0.15) is 8.78 Å². The first-order valence-electron chi connectivity index (χ1n) is 7.27. The molecule has 0 aliphatic heterocycles. The molecule has 9 heteroatoms. The summed E-state index contributed by atoms with van der Waals surface area (Å²) >= 11 is 1.24. The van der Waals surface area contributed by atoms with Gasteiger partial charge in [0.25, 0.3) is 5.91 Å². The number of fused-ring (bicyclic) bond motifs is 1. The Morgan fingerprint density at radius 3 is 2.76 bits per heavy atom. The molecular weight excluding hydrogens is 352 g/mol. The van der Waals surface area contributed by atoms with Gasteiger partial charge in [-0.05, 0) is 23.6 Å². The van der Waals surface area contributed by atoms with Crippen molar-refractivity contribution in [1.29, 1.82) is 0 Å². The van der Waals surface area contributed by atoms with Crippen molar-refractivity contribution < 1.29 is 23.1 Å². The highest BCUT2D eigenvalue weighted by atomic mass is 32.1. The van der Waals surface area contributed by atoms with Crippen molar-refractivity contribution in [3.63, 3.8) is 0 Å². The highest BCUT2D eigenvalue weighted by Gasteiger charge is 2.19. The molecule has 6 nitrogen and oxygen atoms in total. The number of benzene rings is 1. The van der Waals surface area contributed by atoms with Crippen LogP contribution >= 0.6 is 11.3 Å². The maximum atomic E-state index is 13.3. The molecule has 0 fully saturated rings. The van der Waals surface area contributed by atoms with E-state index in [0.717, 1.165) is 0 Å². The molecule has 0 radical (unpaired) electrons. The molecule has 0 bridgehead atoms. The summed E-state index contributed by atoms with van der Waals surface area (Å²) in [5, 5.41) is 4.14. The van der Waals surface area contributed by atoms with Crippen molar-refractivity contribution in [3.05, 3.63) is 52.5 Å². The van der Waals surface area contributed by atoms with Crippen molar-refractivity contribution in [2.75, 3.05) is 6.54 Å². The number of halogens is 2. The second-order valence-electron chi connectivity index (χ2n) is 4.99. The number of nitrogens with zero attached hydrogens (tertiary/aromatic N) is 2. The molecule has 1 aromatic carbocycles. The Labute approximate surface area is 145 Å². The smallest absolute Gasteiger partial charge is 0.325 e. The van der Waals surface area contributed by atoms with E-state index in [-0.39, 0.29) is 17.9 Å². The fraction of sp³-hybridized carbons (Fsp3) is 0.188. The van der Waals surface area contributed by atoms with Gasteiger partial charge in [-0.25, -0.2) is 4.98 Å². The molecule has 1 amide bonds. The van der Waals surface area contributed by atoms with E-state index in [1.54, 1.807) is 35.7 Å². The molecular formula is C16H13F2N3O3S. The number of rotatable bonds is 6. The average molecular weight is 365 g/mol. The van der Waals surface area contributed by atoms with Gasteiger partial charge in [0.05, 0.1) is 15.9 Å². The zero-order chi connectivity index (χ0) is 17.8. The highest BCUT2D eigenvalue weighted by molar-refractivity contribution is 7.12. The third-order valence-electron chi connectivity index (χ3n) is 3.36. The third-order valence-corrected chi connectivity index (χ3v) is 4.23. The minimum atomic E-state index is -2.81. The summed E-state index contributed by atoms with van der Waals surface area (Å²) in [5.41, 5.74) is 0.648. The topological polar surface area (TPSA) is 73.2 Å². The van der Waals surface area contributed by atoms with Gasteiger partial charge in [-0.3, -0.25) is 14.2 Å². The summed E-state index contributed by atoms with van der Waals surface area (Å²) in [6, 6.07) is 9.75. The molecule has 2 heterocycles. The molecule has 0 saturated carbocycles. The quantitative estimate of drug-likeness (QED) is 0.682. The van der Waals surface area contributed by atoms with Crippen LogP contribution in [-0.4, -0.2) is 28.0 Å². The van der Waals surface area contributed by atoms with Crippen molar-refractivity contribution in [2.24, 2.45) is 0 Å². The number of imidazole rings is 1. The van der Waals surface area contributed by atoms with Gasteiger partial charge in [-0.15, -0.1) is 11.3 Å². The van der Waals surface area contributed by atoms with Crippen LogP contribution in [0.15, 0.2) is 41.8 Å². The number of ether oxygens (including phenoxy) is 1. The van der Waals surface area contributed by atoms with E-state index in [9.17, 15) is 18.4 Å². The van der Waals surface area contributed by atoms with Gasteiger partial charge < -0.3 is 10.1 Å². The Morgan fingerprint density at radius 2 is 2.04 bits per heavy atom. The number of alkyl halides is 2. The summed E-state index contributed by atoms with van der Waals surface area (Å²) in [5.74, 6) is -1.20. The molecule has 25 heavy (non-hydrogen) atoms. The lowest BCUT2D eigenvalue weighted by Gasteiger charge is -2.09. The van der Waals surface area contributed by atoms with Gasteiger partial charge in [-0.1, -0.05) is 18.2 Å². The van der Waals surface area contributed by atoms with Crippen LogP contribution in [0.1, 0.15) is 22.0 Å². The molecule has 0 aliphatic rings. The molecule has 1 N–H and O–H groups in total. The van der Waals surface area contributed by atoms with E-state index < -0.39 is 25.0 Å². The minimum absolute atomic E-state index is 0.0610. The van der Waals surface area contributed by atoms with Crippen LogP contribution in [0.25, 0.3) is 11.0 Å². The predicted molar refractivity (Wildman–Crippen MR) is 87.4 cm³/mol. The SMILES string of the molecule is O=C(CNC(=O)c1cccs1)OCc1nc2ccccc2n1C(F)F. The standard InChI is InChI=1S/C16H13F2N3O3S/c17-16(18)21-11-5-2-1-4-10(11)20-13(21)9-24-14(22)8-19-15(23)12-6-3-7-25-12/h1-7,16H,8-9H2,(H,19,23). The van der Waals surface area contributed by atoms with Crippen LogP contribution in [0.4, 0.5) is 8.78 Å². The Morgan fingerprint density at radius 1 is 1.24 bits per heavy atom. The van der Waals surface area contributed by atoms with Gasteiger partial charge in [0.1, 0.15) is 13.2 Å². The van der Waals surface area contributed by atoms with E-state index in [4.69, 9.17) is 4.74 Å². The van der Waals surface area contributed by atoms with Crippen LogP contribution in [0, 0.1) is 0 Å². The van der Waals surface area contributed by atoms with Crippen molar-refractivity contribution in [3.8, 4) is 0 Å². The summed E-state index contributed by atoms with van der Waals surface area (Å²) in [6.07, 6.45) is 0. The van der Waals surface area contributed by atoms with Gasteiger partial charge >= 0.3 is 12.5 Å². The first-order chi connectivity index (χ1) is 12.1. The molecule has 0 atom stereocenters. The number of thiophene rings is 1. The second-order valence-corrected chi connectivity index (χ2v) is 5.93. The number of aromatic nitrogens is 2. The number of carbonyl (C=O) groups excluding carboxylic acids is 2. The zero-order valence-corrected chi connectivity index (χ0v) is 13.6. The molecule has 3 aromatic rings. The zero-order valence-electron chi connectivity index (χ0n) is 12.8. The van der Waals surface area contributed by atoms with Crippen LogP contribution < -0.4 is 5.32 Å². The summed E-state index contributed by atoms with van der Waals surface area (Å²) in [4.78, 5) is 28.0. The Bertz CT molecular complexity index is 893. The maximum Gasteiger partial charge on any atom is 0.325 e. The monoisotopic (exact) mass is 365 g/mol. The number of nitrogens with one attached hydrogen (secondary N) is 1. The average Bonchev–Trinajstić information content (AvgIpc) is 3.24. The van der Waals surface area contributed by atoms with E-state index in [1.807, 2.05) is 0 Å². The summed E-state index contributed by atoms with van der Waals surface area (Å²) in [7, 11) is 0. The van der Waals surface area contributed by atoms with Gasteiger partial charge in [0.15, 0.2) is 5.82 Å². The van der Waals surface area contributed by atoms with Crippen LogP contribution in [0.5, 0.6) is 0 Å². The van der Waals surface area contributed by atoms with Gasteiger partial charge in [0, 0.05) is 0 Å². The van der Waals surface area contributed by atoms with E-state index in [1.165, 1.54) is 17.4 Å². The van der Waals surface area contributed by atoms with Crippen LogP contribution in [-0.2, 0) is 16.1 Å². The first kappa shape index (κ1) is 17.0. The van der Waals surface area contributed by atoms with Crippen molar-refractivity contribution in [2.45, 2.75) is 13.2 Å². The van der Waals surface area contributed by atoms with Crippen LogP contribution in [0.2, 0.25) is 0 Å². The number of hydrogen-bond acceptors (Lipinski definition) is 5. The number of hydrogen-bond donors (Lipinski definition) is 1. The third kappa shape index (κ3) is 3.82. The molecule has 0 unspecified atom stereocenters. The van der Waals surface area contributed by atoms with Crippen molar-refractivity contribution >= 4 is 34.2 Å². The fourth-order valence-corrected chi connectivity index (χ4v) is 2.90. The lowest BCUT2D eigenvalue weighted by atomic mass is 10.3. The molecule has 0 spiro atoms. The highest BCUT2D eigenvalue weighted by Crippen LogP contribution is 2.23. The number of amides is 1. The fourth-order valence-electron chi connectivity index (χ4n) is 2.26. The number of para-hydroxylation sites is 2. The van der Waals surface area contributed by atoms with Gasteiger partial charge in [0.2, 0.25) is 0 Å². The molecule has 0 saturated heterocycles. The Balaban J connectivity index is 1.61. The Kier molecular flexibility index (Phi) is 5.03. The predicted octanol–water partition coefficient (Wildman–Crippen LogP) is 2.97. The van der Waals surface area contributed by atoms with Crippen LogP contribution in [0.3, 0.4) is 0 Å². The molecule has 130 valence electrons. The van der Waals surface area contributed by atoms with E-state index >= 15 is 0 Å². The summed E-state index contributed by atoms with van der Waals surface area (Å²) < 4.78 is 32.2. The second kappa shape index (κ2) is 7.39. The molecule has 0 aliphatic carbocycles. The number of carbonyl (C=O) groups is 2. The number of esters is 1. The van der Waals surface area contributed by atoms with E-state index in [0.29, 0.717) is 15.0 Å². The van der Waals surface area contributed by atoms with E-state index in [2.05, 4.69) is 10.3 Å².